The molecule has 1 saturated heterocycles. The number of nitrogens with zero attached hydrogens (tertiary/aromatic N) is 1. The van der Waals surface area contributed by atoms with E-state index in [1.54, 1.807) is 0 Å². The molecule has 2 aliphatic rings. The number of carbonyl (C=O) groups excluding carboxylic acids is 1. The van der Waals surface area contributed by atoms with Crippen molar-refractivity contribution in [1.82, 2.24) is 4.90 Å². The second-order valence-electron chi connectivity index (χ2n) is 6.36. The highest BCUT2D eigenvalue weighted by atomic mass is 35.5. The standard InChI is InChI=1S/C17H22ClNO2/c18-15-4-1-3-14(11-15)17(7-2-8-17)16(21)19-9-5-13(12-19)6-10-20/h1,3-4,11,13,20H,2,5-10,12H2. The molecule has 1 aromatic rings. The van der Waals surface area contributed by atoms with Crippen molar-refractivity contribution in [2.75, 3.05) is 19.7 Å². The lowest BCUT2D eigenvalue weighted by molar-refractivity contribution is -0.140. The second kappa shape index (κ2) is 5.98. The number of hydrogen-bond donors (Lipinski definition) is 1. The molecule has 3 nitrogen and oxygen atoms in total. The molecule has 1 amide bonds. The molecule has 1 heterocycles. The van der Waals surface area contributed by atoms with Crippen LogP contribution in [0.5, 0.6) is 0 Å². The Labute approximate surface area is 130 Å². The minimum Gasteiger partial charge on any atom is -0.396 e. The molecule has 1 aromatic carbocycles. The van der Waals surface area contributed by atoms with Crippen molar-refractivity contribution in [3.05, 3.63) is 34.9 Å². The van der Waals surface area contributed by atoms with Crippen molar-refractivity contribution in [2.24, 2.45) is 5.92 Å². The maximum Gasteiger partial charge on any atom is 0.233 e. The van der Waals surface area contributed by atoms with E-state index < -0.39 is 0 Å². The Hall–Kier alpha value is -1.06. The molecule has 1 atom stereocenters. The van der Waals surface area contributed by atoms with E-state index in [9.17, 15) is 4.79 Å². The number of carbonyl (C=O) groups is 1. The van der Waals surface area contributed by atoms with Crippen molar-refractivity contribution < 1.29 is 9.90 Å². The zero-order chi connectivity index (χ0) is 14.9. The molecule has 21 heavy (non-hydrogen) atoms. The molecule has 0 radical (unpaired) electrons. The van der Waals surface area contributed by atoms with Gasteiger partial charge in [-0.2, -0.15) is 0 Å². The molecular weight excluding hydrogens is 286 g/mol. The number of halogens is 1. The first-order chi connectivity index (χ1) is 10.2. The SMILES string of the molecule is O=C(N1CCC(CCO)C1)C1(c2cccc(Cl)c2)CCC1. The lowest BCUT2D eigenvalue weighted by atomic mass is 9.63. The number of hydrogen-bond acceptors (Lipinski definition) is 2. The van der Waals surface area contributed by atoms with Gasteiger partial charge < -0.3 is 10.0 Å². The lowest BCUT2D eigenvalue weighted by Gasteiger charge is -2.43. The van der Waals surface area contributed by atoms with Crippen molar-refractivity contribution >= 4 is 17.5 Å². The fourth-order valence-electron chi connectivity index (χ4n) is 3.68. The third-order valence-corrected chi connectivity index (χ3v) is 5.34. The summed E-state index contributed by atoms with van der Waals surface area (Å²) in [5, 5.41) is 9.76. The van der Waals surface area contributed by atoms with E-state index in [4.69, 9.17) is 16.7 Å². The topological polar surface area (TPSA) is 40.5 Å². The van der Waals surface area contributed by atoms with Crippen molar-refractivity contribution in [1.29, 1.82) is 0 Å². The first-order valence-corrected chi connectivity index (χ1v) is 8.20. The number of aliphatic hydroxyl groups is 1. The van der Waals surface area contributed by atoms with Crippen LogP contribution in [-0.2, 0) is 10.2 Å². The summed E-state index contributed by atoms with van der Waals surface area (Å²) >= 11 is 6.11. The molecule has 1 aliphatic carbocycles. The summed E-state index contributed by atoms with van der Waals surface area (Å²) in [6.07, 6.45) is 4.76. The molecule has 1 N–H and O–H groups in total. The third kappa shape index (κ3) is 2.69. The summed E-state index contributed by atoms with van der Waals surface area (Å²) in [6.45, 7) is 1.83. The van der Waals surface area contributed by atoms with Gasteiger partial charge in [-0.05, 0) is 49.3 Å². The monoisotopic (exact) mass is 307 g/mol. The molecule has 4 heteroatoms. The Balaban J connectivity index is 1.79. The number of likely N-dealkylation sites (tertiary alicyclic amines) is 1. The van der Waals surface area contributed by atoms with Crippen LogP contribution in [0.3, 0.4) is 0 Å². The molecule has 1 saturated carbocycles. The van der Waals surface area contributed by atoms with Gasteiger partial charge in [0.15, 0.2) is 0 Å². The molecule has 0 aromatic heterocycles. The summed E-state index contributed by atoms with van der Waals surface area (Å²) in [4.78, 5) is 15.0. The quantitative estimate of drug-likeness (QED) is 0.929. The fraction of sp³-hybridized carbons (Fsp3) is 0.588. The summed E-state index contributed by atoms with van der Waals surface area (Å²) in [5.74, 6) is 0.715. The molecular formula is C17H22ClNO2. The van der Waals surface area contributed by atoms with Gasteiger partial charge in [-0.3, -0.25) is 4.79 Å². The van der Waals surface area contributed by atoms with Gasteiger partial charge in [0.1, 0.15) is 0 Å². The van der Waals surface area contributed by atoms with Gasteiger partial charge in [-0.1, -0.05) is 30.2 Å². The summed E-state index contributed by atoms with van der Waals surface area (Å²) in [6, 6.07) is 7.77. The Morgan fingerprint density at radius 3 is 2.86 bits per heavy atom. The van der Waals surface area contributed by atoms with E-state index >= 15 is 0 Å². The first kappa shape index (κ1) is 14.9. The number of amides is 1. The van der Waals surface area contributed by atoms with Crippen LogP contribution in [-0.4, -0.2) is 35.6 Å². The summed E-state index contributed by atoms with van der Waals surface area (Å²) in [5.41, 5.74) is 0.718. The predicted octanol–water partition coefficient (Wildman–Crippen LogP) is 2.99. The van der Waals surface area contributed by atoms with Gasteiger partial charge in [0.25, 0.3) is 0 Å². The van der Waals surface area contributed by atoms with Crippen molar-refractivity contribution in [3.8, 4) is 0 Å². The molecule has 114 valence electrons. The van der Waals surface area contributed by atoms with Gasteiger partial charge in [-0.15, -0.1) is 0 Å². The number of aliphatic hydroxyl groups excluding tert-OH is 1. The van der Waals surface area contributed by atoms with E-state index in [0.717, 1.165) is 50.8 Å². The highest BCUT2D eigenvalue weighted by Crippen LogP contribution is 2.46. The summed E-state index contributed by atoms with van der Waals surface area (Å²) < 4.78 is 0. The van der Waals surface area contributed by atoms with Crippen LogP contribution in [0.1, 0.15) is 37.7 Å². The fourth-order valence-corrected chi connectivity index (χ4v) is 3.87. The van der Waals surface area contributed by atoms with Crippen LogP contribution < -0.4 is 0 Å². The van der Waals surface area contributed by atoms with Crippen LogP contribution in [0, 0.1) is 5.92 Å². The average Bonchev–Trinajstić information content (AvgIpc) is 2.86. The zero-order valence-corrected chi connectivity index (χ0v) is 13.0. The Morgan fingerprint density at radius 2 is 2.24 bits per heavy atom. The average molecular weight is 308 g/mol. The van der Waals surface area contributed by atoms with E-state index in [-0.39, 0.29) is 17.9 Å². The summed E-state index contributed by atoms with van der Waals surface area (Å²) in [7, 11) is 0. The number of rotatable bonds is 4. The van der Waals surface area contributed by atoms with Crippen LogP contribution in [0.15, 0.2) is 24.3 Å². The lowest BCUT2D eigenvalue weighted by Crippen LogP contribution is -2.50. The molecule has 1 unspecified atom stereocenters. The molecule has 0 spiro atoms. The third-order valence-electron chi connectivity index (χ3n) is 5.10. The molecule has 0 bridgehead atoms. The van der Waals surface area contributed by atoms with Crippen LogP contribution in [0.25, 0.3) is 0 Å². The number of benzene rings is 1. The maximum absolute atomic E-state index is 13.0. The van der Waals surface area contributed by atoms with Crippen LogP contribution >= 0.6 is 11.6 Å². The van der Waals surface area contributed by atoms with E-state index in [1.165, 1.54) is 0 Å². The van der Waals surface area contributed by atoms with Gasteiger partial charge in [0, 0.05) is 24.7 Å². The highest BCUT2D eigenvalue weighted by molar-refractivity contribution is 6.30. The zero-order valence-electron chi connectivity index (χ0n) is 12.2. The van der Waals surface area contributed by atoms with Crippen molar-refractivity contribution in [3.63, 3.8) is 0 Å². The van der Waals surface area contributed by atoms with Crippen LogP contribution in [0.4, 0.5) is 0 Å². The minimum atomic E-state index is -0.348. The normalized spacial score (nSPS) is 23.9. The smallest absolute Gasteiger partial charge is 0.233 e. The Bertz CT molecular complexity index is 527. The van der Waals surface area contributed by atoms with E-state index in [1.807, 2.05) is 29.2 Å². The van der Waals surface area contributed by atoms with Crippen LogP contribution in [0.2, 0.25) is 5.02 Å². The minimum absolute atomic E-state index is 0.214. The highest BCUT2D eigenvalue weighted by Gasteiger charge is 2.48. The second-order valence-corrected chi connectivity index (χ2v) is 6.80. The van der Waals surface area contributed by atoms with Gasteiger partial charge in [0.2, 0.25) is 5.91 Å². The molecule has 2 fully saturated rings. The Kier molecular flexibility index (Phi) is 4.23. The molecule has 3 rings (SSSR count). The van der Waals surface area contributed by atoms with Gasteiger partial charge >= 0.3 is 0 Å². The van der Waals surface area contributed by atoms with Gasteiger partial charge in [0.05, 0.1) is 5.41 Å². The first-order valence-electron chi connectivity index (χ1n) is 7.82. The molecule has 1 aliphatic heterocycles. The Morgan fingerprint density at radius 1 is 1.43 bits per heavy atom. The van der Waals surface area contributed by atoms with E-state index in [2.05, 4.69) is 0 Å². The maximum atomic E-state index is 13.0. The van der Waals surface area contributed by atoms with Crippen molar-refractivity contribution in [2.45, 2.75) is 37.5 Å². The predicted molar refractivity (Wildman–Crippen MR) is 83.4 cm³/mol. The largest absolute Gasteiger partial charge is 0.396 e. The van der Waals surface area contributed by atoms with Gasteiger partial charge in [-0.25, -0.2) is 0 Å². The van der Waals surface area contributed by atoms with E-state index in [0.29, 0.717) is 10.9 Å².